The number of imidazole rings is 1. The van der Waals surface area contributed by atoms with Crippen LogP contribution in [0, 0.1) is 5.92 Å². The molecule has 0 spiro atoms. The summed E-state index contributed by atoms with van der Waals surface area (Å²) >= 11 is 0. The van der Waals surface area contributed by atoms with Gasteiger partial charge in [-0.25, -0.2) is 9.78 Å². The molecule has 2 aliphatic rings. The quantitative estimate of drug-likeness (QED) is 0.529. The van der Waals surface area contributed by atoms with Gasteiger partial charge in [0, 0.05) is 23.2 Å². The van der Waals surface area contributed by atoms with E-state index in [1.807, 2.05) is 6.07 Å². The highest BCUT2D eigenvalue weighted by Crippen LogP contribution is 2.44. The number of nitrogens with one attached hydrogen (secondary N) is 2. The van der Waals surface area contributed by atoms with Crippen LogP contribution in [0.4, 0.5) is 10.7 Å². The van der Waals surface area contributed by atoms with E-state index in [4.69, 9.17) is 5.11 Å². The molecular formula is C22H22N4O4. The van der Waals surface area contributed by atoms with E-state index in [2.05, 4.69) is 15.3 Å². The van der Waals surface area contributed by atoms with E-state index >= 15 is 0 Å². The standard InChI is InChI=1S/C22H22N4O4/c27-19-15-7-3-4-8-16(15)22(30,26(19)12-13-5-1-2-6-13)14-9-10-17-18(11-14)24-20(23-17)25-21(28)29/h3-4,7-11,13,30H,1-2,5-6,12H2,(H,28,29)(H2,23,24,25). The fourth-order valence-corrected chi connectivity index (χ4v) is 4.78. The number of rotatable bonds is 4. The van der Waals surface area contributed by atoms with E-state index in [0.29, 0.717) is 40.2 Å². The molecular weight excluding hydrogens is 384 g/mol. The average Bonchev–Trinajstić information content (AvgIpc) is 3.42. The van der Waals surface area contributed by atoms with Crippen molar-refractivity contribution in [2.24, 2.45) is 5.92 Å². The molecule has 1 atom stereocenters. The molecule has 2 aromatic carbocycles. The van der Waals surface area contributed by atoms with Crippen molar-refractivity contribution in [2.45, 2.75) is 31.4 Å². The maximum atomic E-state index is 13.2. The third kappa shape index (κ3) is 2.83. The first-order valence-electron chi connectivity index (χ1n) is 10.1. The van der Waals surface area contributed by atoms with E-state index in [-0.39, 0.29) is 11.9 Å². The van der Waals surface area contributed by atoms with Crippen LogP contribution in [-0.2, 0) is 5.72 Å². The van der Waals surface area contributed by atoms with Gasteiger partial charge in [0.05, 0.1) is 11.0 Å². The molecule has 154 valence electrons. The number of carbonyl (C=O) groups is 2. The molecule has 8 nitrogen and oxygen atoms in total. The summed E-state index contributed by atoms with van der Waals surface area (Å²) in [4.78, 5) is 32.8. The Morgan fingerprint density at radius 3 is 2.77 bits per heavy atom. The number of H-pyrrole nitrogens is 1. The van der Waals surface area contributed by atoms with Crippen molar-refractivity contribution in [3.63, 3.8) is 0 Å². The minimum Gasteiger partial charge on any atom is -0.465 e. The van der Waals surface area contributed by atoms with Gasteiger partial charge in [0.1, 0.15) is 0 Å². The van der Waals surface area contributed by atoms with Crippen molar-refractivity contribution in [1.29, 1.82) is 0 Å². The Bertz CT molecular complexity index is 1150. The van der Waals surface area contributed by atoms with Crippen LogP contribution < -0.4 is 5.32 Å². The van der Waals surface area contributed by atoms with E-state index in [0.717, 1.165) is 25.7 Å². The summed E-state index contributed by atoms with van der Waals surface area (Å²) in [6.45, 7) is 0.497. The van der Waals surface area contributed by atoms with E-state index in [1.54, 1.807) is 41.3 Å². The summed E-state index contributed by atoms with van der Waals surface area (Å²) in [6, 6.07) is 12.3. The van der Waals surface area contributed by atoms with Crippen molar-refractivity contribution < 1.29 is 19.8 Å². The highest BCUT2D eigenvalue weighted by molar-refractivity contribution is 6.00. The molecule has 1 saturated carbocycles. The van der Waals surface area contributed by atoms with Crippen LogP contribution in [0.5, 0.6) is 0 Å². The Hall–Kier alpha value is -3.39. The summed E-state index contributed by atoms with van der Waals surface area (Å²) in [5, 5.41) is 23.1. The van der Waals surface area contributed by atoms with Crippen LogP contribution in [0.25, 0.3) is 11.0 Å². The van der Waals surface area contributed by atoms with Crippen molar-refractivity contribution >= 4 is 29.0 Å². The highest BCUT2D eigenvalue weighted by Gasteiger charge is 2.50. The summed E-state index contributed by atoms with van der Waals surface area (Å²) < 4.78 is 0. The maximum Gasteiger partial charge on any atom is 0.411 e. The Morgan fingerprint density at radius 2 is 2.00 bits per heavy atom. The number of fused-ring (bicyclic) bond motifs is 2. The number of nitrogens with zero attached hydrogens (tertiary/aromatic N) is 2. The second kappa shape index (κ2) is 6.84. The van der Waals surface area contributed by atoms with Crippen LogP contribution in [0.1, 0.15) is 47.2 Å². The molecule has 2 amide bonds. The van der Waals surface area contributed by atoms with Crippen LogP contribution >= 0.6 is 0 Å². The van der Waals surface area contributed by atoms with Gasteiger partial charge in [0.2, 0.25) is 5.95 Å². The lowest BCUT2D eigenvalue weighted by Gasteiger charge is -2.36. The number of amides is 2. The zero-order chi connectivity index (χ0) is 20.9. The number of hydrogen-bond donors (Lipinski definition) is 4. The first-order chi connectivity index (χ1) is 14.5. The van der Waals surface area contributed by atoms with Gasteiger partial charge in [-0.1, -0.05) is 37.1 Å². The third-order valence-electron chi connectivity index (χ3n) is 6.19. The SMILES string of the molecule is O=C(O)Nc1nc2ccc(C3(O)c4ccccc4C(=O)N3CC3CCCC3)cc2[nH]1. The minimum absolute atomic E-state index is 0.104. The Labute approximate surface area is 172 Å². The first kappa shape index (κ1) is 18.6. The highest BCUT2D eigenvalue weighted by atomic mass is 16.4. The molecule has 1 fully saturated rings. The zero-order valence-corrected chi connectivity index (χ0v) is 16.3. The normalized spacial score (nSPS) is 21.4. The summed E-state index contributed by atoms with van der Waals surface area (Å²) in [5.41, 5.74) is 1.16. The molecule has 0 saturated heterocycles. The molecule has 1 aromatic heterocycles. The Kier molecular flexibility index (Phi) is 4.25. The van der Waals surface area contributed by atoms with Crippen molar-refractivity contribution in [1.82, 2.24) is 14.9 Å². The number of carboxylic acid groups (broad SMARTS) is 1. The smallest absolute Gasteiger partial charge is 0.411 e. The molecule has 30 heavy (non-hydrogen) atoms. The van der Waals surface area contributed by atoms with Gasteiger partial charge in [-0.3, -0.25) is 10.1 Å². The number of carbonyl (C=O) groups excluding carboxylic acids is 1. The predicted molar refractivity (Wildman–Crippen MR) is 110 cm³/mol. The zero-order valence-electron chi connectivity index (χ0n) is 16.3. The van der Waals surface area contributed by atoms with Gasteiger partial charge in [-0.15, -0.1) is 0 Å². The molecule has 2 heterocycles. The molecule has 1 unspecified atom stereocenters. The van der Waals surface area contributed by atoms with E-state index in [1.165, 1.54) is 0 Å². The van der Waals surface area contributed by atoms with Crippen LogP contribution in [0.3, 0.4) is 0 Å². The number of benzene rings is 2. The van der Waals surface area contributed by atoms with Gasteiger partial charge in [0.15, 0.2) is 5.72 Å². The molecule has 4 N–H and O–H groups in total. The minimum atomic E-state index is -1.59. The lowest BCUT2D eigenvalue weighted by molar-refractivity contribution is -0.0556. The fourth-order valence-electron chi connectivity index (χ4n) is 4.78. The number of aliphatic hydroxyl groups is 1. The number of aromatic amines is 1. The summed E-state index contributed by atoms with van der Waals surface area (Å²) in [6.07, 6.45) is 3.20. The fraction of sp³-hybridized carbons (Fsp3) is 0.318. The topological polar surface area (TPSA) is 119 Å². The van der Waals surface area contributed by atoms with Crippen LogP contribution in [0.15, 0.2) is 42.5 Å². The number of anilines is 1. The van der Waals surface area contributed by atoms with Crippen molar-refractivity contribution in [2.75, 3.05) is 11.9 Å². The van der Waals surface area contributed by atoms with Crippen LogP contribution in [0.2, 0.25) is 0 Å². The van der Waals surface area contributed by atoms with Gasteiger partial charge in [-0.05, 0) is 37.0 Å². The lowest BCUT2D eigenvalue weighted by Crippen LogP contribution is -2.46. The van der Waals surface area contributed by atoms with Gasteiger partial charge in [0.25, 0.3) is 5.91 Å². The largest absolute Gasteiger partial charge is 0.465 e. The predicted octanol–water partition coefficient (Wildman–Crippen LogP) is 3.49. The molecule has 0 radical (unpaired) electrons. The molecule has 5 rings (SSSR count). The number of aromatic nitrogens is 2. The molecule has 3 aromatic rings. The summed E-state index contributed by atoms with van der Waals surface area (Å²) in [5.74, 6) is 0.308. The van der Waals surface area contributed by atoms with Crippen molar-refractivity contribution in [3.05, 3.63) is 59.2 Å². The van der Waals surface area contributed by atoms with Gasteiger partial charge >= 0.3 is 6.09 Å². The van der Waals surface area contributed by atoms with Gasteiger partial charge < -0.3 is 20.1 Å². The monoisotopic (exact) mass is 406 g/mol. The second-order valence-electron chi connectivity index (χ2n) is 8.03. The Morgan fingerprint density at radius 1 is 1.23 bits per heavy atom. The Balaban J connectivity index is 1.61. The summed E-state index contributed by atoms with van der Waals surface area (Å²) in [7, 11) is 0. The average molecular weight is 406 g/mol. The number of hydrogen-bond acceptors (Lipinski definition) is 4. The second-order valence-corrected chi connectivity index (χ2v) is 8.03. The molecule has 1 aliphatic heterocycles. The third-order valence-corrected chi connectivity index (χ3v) is 6.19. The van der Waals surface area contributed by atoms with Crippen LogP contribution in [-0.4, -0.2) is 43.6 Å². The molecule has 1 aliphatic carbocycles. The van der Waals surface area contributed by atoms with E-state index in [9.17, 15) is 14.7 Å². The maximum absolute atomic E-state index is 13.2. The van der Waals surface area contributed by atoms with Gasteiger partial charge in [-0.2, -0.15) is 0 Å². The molecule has 8 heteroatoms. The van der Waals surface area contributed by atoms with Crippen molar-refractivity contribution in [3.8, 4) is 0 Å². The lowest BCUT2D eigenvalue weighted by atomic mass is 9.93. The first-order valence-corrected chi connectivity index (χ1v) is 10.1. The molecule has 0 bridgehead atoms. The van der Waals surface area contributed by atoms with E-state index < -0.39 is 11.8 Å².